The number of ether oxygens (including phenoxy) is 4. The molecule has 4 unspecified atom stereocenters. The Morgan fingerprint density at radius 3 is 2.58 bits per heavy atom. The molecule has 2 aliphatic heterocycles. The summed E-state index contributed by atoms with van der Waals surface area (Å²) in [4.78, 5) is 11.4. The number of fused-ring (bicyclic) bond motifs is 1. The second-order valence-electron chi connectivity index (χ2n) is 11.1. The number of esters is 1. The number of hydrogen-bond donors (Lipinski definition) is 0. The highest BCUT2D eigenvalue weighted by atomic mass is 127. The van der Waals surface area contributed by atoms with Crippen molar-refractivity contribution in [3.05, 3.63) is 12.2 Å². The Morgan fingerprint density at radius 1 is 1.18 bits per heavy atom. The largest absolute Gasteiger partial charge is 0.469 e. The molecule has 3 rings (SSSR count). The van der Waals surface area contributed by atoms with Crippen LogP contribution in [0.5, 0.6) is 0 Å². The fourth-order valence-corrected chi connectivity index (χ4v) is 6.96. The van der Waals surface area contributed by atoms with Gasteiger partial charge < -0.3 is 18.9 Å². The molecule has 2 saturated heterocycles. The van der Waals surface area contributed by atoms with E-state index in [4.69, 9.17) is 14.2 Å². The number of halogens is 5. The van der Waals surface area contributed by atoms with Crippen molar-refractivity contribution in [2.75, 3.05) is 13.7 Å². The maximum absolute atomic E-state index is 15.7. The molecule has 0 amide bonds. The van der Waals surface area contributed by atoms with Gasteiger partial charge in [-0.1, -0.05) is 54.5 Å². The van der Waals surface area contributed by atoms with Gasteiger partial charge in [0.05, 0.1) is 24.7 Å². The van der Waals surface area contributed by atoms with Crippen molar-refractivity contribution in [1.82, 2.24) is 0 Å². The lowest BCUT2D eigenvalue weighted by Crippen LogP contribution is -2.47. The van der Waals surface area contributed by atoms with Gasteiger partial charge in [0.2, 0.25) is 0 Å². The second kappa shape index (κ2) is 14.4. The number of rotatable bonds is 13. The average molecular weight is 663 g/mol. The third-order valence-corrected chi connectivity index (χ3v) is 9.79. The topological polar surface area (TPSA) is 54.0 Å². The minimum Gasteiger partial charge on any atom is -0.469 e. The third kappa shape index (κ3) is 7.84. The zero-order chi connectivity index (χ0) is 27.9. The van der Waals surface area contributed by atoms with Gasteiger partial charge in [-0.15, -0.1) is 0 Å². The van der Waals surface area contributed by atoms with Crippen LogP contribution in [-0.4, -0.2) is 60.6 Å². The summed E-state index contributed by atoms with van der Waals surface area (Å²) in [6.07, 6.45) is 1.01. The van der Waals surface area contributed by atoms with E-state index in [0.717, 1.165) is 12.8 Å². The average Bonchev–Trinajstić information content (AvgIpc) is 3.44. The van der Waals surface area contributed by atoms with Gasteiger partial charge in [-0.2, -0.15) is 13.2 Å². The molecule has 220 valence electrons. The van der Waals surface area contributed by atoms with Gasteiger partial charge in [0.15, 0.2) is 6.29 Å². The molecular formula is C28H43F4IO5. The van der Waals surface area contributed by atoms with Gasteiger partial charge in [-0.25, -0.2) is 4.39 Å². The number of hydrogen-bond acceptors (Lipinski definition) is 5. The summed E-state index contributed by atoms with van der Waals surface area (Å²) < 4.78 is 81.4. The number of carbonyl (C=O) groups is 1. The van der Waals surface area contributed by atoms with Crippen molar-refractivity contribution < 1.29 is 41.3 Å². The van der Waals surface area contributed by atoms with Crippen LogP contribution in [0, 0.1) is 17.3 Å². The molecule has 3 fully saturated rings. The summed E-state index contributed by atoms with van der Waals surface area (Å²) in [6.45, 7) is 3.59. The molecule has 38 heavy (non-hydrogen) atoms. The predicted octanol–water partition coefficient (Wildman–Crippen LogP) is 7.49. The first-order valence-corrected chi connectivity index (χ1v) is 15.3. The van der Waals surface area contributed by atoms with Crippen molar-refractivity contribution >= 4 is 28.6 Å². The quantitative estimate of drug-likeness (QED) is 0.0673. The van der Waals surface area contributed by atoms with Crippen LogP contribution in [-0.2, 0) is 23.7 Å². The van der Waals surface area contributed by atoms with Crippen LogP contribution < -0.4 is 0 Å². The van der Waals surface area contributed by atoms with Gasteiger partial charge in [-0.05, 0) is 64.2 Å². The summed E-state index contributed by atoms with van der Waals surface area (Å²) in [5.74, 6) is -0.908. The molecule has 0 spiro atoms. The molecule has 0 bridgehead atoms. The highest BCUT2D eigenvalue weighted by molar-refractivity contribution is 14.1. The Balaban J connectivity index is 1.73. The van der Waals surface area contributed by atoms with E-state index in [0.29, 0.717) is 51.6 Å². The predicted molar refractivity (Wildman–Crippen MR) is 145 cm³/mol. The summed E-state index contributed by atoms with van der Waals surface area (Å²) in [6, 6.07) is 0. The van der Waals surface area contributed by atoms with Crippen LogP contribution >= 0.6 is 22.6 Å². The normalized spacial score (nSPS) is 33.2. The first-order valence-electron chi connectivity index (χ1n) is 14.0. The Hall–Kier alpha value is -0.460. The summed E-state index contributed by atoms with van der Waals surface area (Å²) in [5.41, 5.74) is -2.07. The minimum atomic E-state index is -4.47. The SMILES string of the molecule is CCCCC(C)([C@@H](/C=C/[C@H]1CC[C@H]2O[C@@H](C(I)CCCC(=O)OC)C(F)[C@H]12)OC1CCCCO1)C(F)(F)F. The van der Waals surface area contributed by atoms with Gasteiger partial charge in [0.1, 0.15) is 12.3 Å². The number of unbranched alkanes of at least 4 members (excludes halogenated alkanes) is 1. The third-order valence-electron chi connectivity index (χ3n) is 8.46. The van der Waals surface area contributed by atoms with Crippen molar-refractivity contribution in [1.29, 1.82) is 0 Å². The van der Waals surface area contributed by atoms with E-state index in [9.17, 15) is 18.0 Å². The van der Waals surface area contributed by atoms with Gasteiger partial charge in [0.25, 0.3) is 0 Å². The van der Waals surface area contributed by atoms with Crippen LogP contribution in [0.2, 0.25) is 0 Å². The molecule has 9 atom stereocenters. The molecule has 0 N–H and O–H groups in total. The van der Waals surface area contributed by atoms with Crippen molar-refractivity contribution in [3.63, 3.8) is 0 Å². The van der Waals surface area contributed by atoms with E-state index < -0.39 is 42.2 Å². The lowest BCUT2D eigenvalue weighted by atomic mass is 9.77. The molecule has 0 aromatic heterocycles. The van der Waals surface area contributed by atoms with Crippen LogP contribution in [0.4, 0.5) is 17.6 Å². The molecule has 1 saturated carbocycles. The van der Waals surface area contributed by atoms with E-state index in [2.05, 4.69) is 27.3 Å². The smallest absolute Gasteiger partial charge is 0.397 e. The van der Waals surface area contributed by atoms with Crippen molar-refractivity contribution in [2.24, 2.45) is 17.3 Å². The van der Waals surface area contributed by atoms with Crippen molar-refractivity contribution in [2.45, 2.75) is 125 Å². The van der Waals surface area contributed by atoms with Gasteiger partial charge in [0, 0.05) is 22.9 Å². The molecule has 2 heterocycles. The summed E-state index contributed by atoms with van der Waals surface area (Å²) >= 11 is 2.19. The van der Waals surface area contributed by atoms with Gasteiger partial charge >= 0.3 is 12.1 Å². The Labute approximate surface area is 237 Å². The summed E-state index contributed by atoms with van der Waals surface area (Å²) in [5, 5.41) is 0. The number of allylic oxidation sites excluding steroid dienone is 1. The molecule has 10 heteroatoms. The number of alkyl halides is 5. The van der Waals surface area contributed by atoms with E-state index in [1.165, 1.54) is 20.1 Å². The zero-order valence-electron chi connectivity index (χ0n) is 22.7. The van der Waals surface area contributed by atoms with Crippen LogP contribution in [0.15, 0.2) is 12.2 Å². The first-order chi connectivity index (χ1) is 18.0. The molecular weight excluding hydrogens is 619 g/mol. The highest BCUT2D eigenvalue weighted by Gasteiger charge is 2.56. The number of carbonyl (C=O) groups excluding carboxylic acids is 1. The zero-order valence-corrected chi connectivity index (χ0v) is 24.8. The molecule has 0 aromatic rings. The summed E-state index contributed by atoms with van der Waals surface area (Å²) in [7, 11) is 1.34. The lowest BCUT2D eigenvalue weighted by Gasteiger charge is -2.40. The second-order valence-corrected chi connectivity index (χ2v) is 12.7. The fourth-order valence-electron chi connectivity index (χ4n) is 5.95. The minimum absolute atomic E-state index is 0.0511. The van der Waals surface area contributed by atoms with Crippen LogP contribution in [0.1, 0.15) is 84.5 Å². The molecule has 1 aliphatic carbocycles. The van der Waals surface area contributed by atoms with Crippen LogP contribution in [0.25, 0.3) is 0 Å². The maximum atomic E-state index is 15.7. The Kier molecular flexibility index (Phi) is 12.2. The number of methoxy groups -OCH3 is 1. The van der Waals surface area contributed by atoms with Crippen molar-refractivity contribution in [3.8, 4) is 0 Å². The van der Waals surface area contributed by atoms with E-state index in [-0.39, 0.29) is 34.8 Å². The van der Waals surface area contributed by atoms with Gasteiger partial charge in [-0.3, -0.25) is 4.79 Å². The molecule has 0 aromatic carbocycles. The highest BCUT2D eigenvalue weighted by Crippen LogP contribution is 2.50. The molecule has 0 radical (unpaired) electrons. The Morgan fingerprint density at radius 2 is 1.95 bits per heavy atom. The molecule has 3 aliphatic rings. The van der Waals surface area contributed by atoms with Crippen LogP contribution in [0.3, 0.4) is 0 Å². The monoisotopic (exact) mass is 662 g/mol. The standard InChI is InChI=1S/C28H43F4IO5/c1-4-5-16-27(2,28(30,31)32)21(38-23-11-6-7-17-36-23)15-13-18-12-14-20-24(18)25(29)26(37-20)19(33)9-8-10-22(34)35-3/h13,15,18-21,23-26H,4-12,14,16-17H2,1-3H3/b15-13+/t18-,19?,20-,21-,23?,24-,25?,26+,27?/m1/s1. The lowest BCUT2D eigenvalue weighted by molar-refractivity contribution is -0.279. The first kappa shape index (κ1) is 32.1. The maximum Gasteiger partial charge on any atom is 0.397 e. The van der Waals surface area contributed by atoms with E-state index in [1.807, 2.05) is 6.92 Å². The van der Waals surface area contributed by atoms with E-state index >= 15 is 4.39 Å². The van der Waals surface area contributed by atoms with E-state index in [1.54, 1.807) is 6.08 Å². The fraction of sp³-hybridized carbons (Fsp3) is 0.893. The Bertz CT molecular complexity index is 775. The molecule has 5 nitrogen and oxygen atoms in total.